The van der Waals surface area contributed by atoms with Gasteiger partial charge >= 0.3 is 6.18 Å². The van der Waals surface area contributed by atoms with E-state index in [1.54, 1.807) is 0 Å². The van der Waals surface area contributed by atoms with Crippen LogP contribution in [0.1, 0.15) is 79.5 Å². The van der Waals surface area contributed by atoms with Gasteiger partial charge in [-0.05, 0) is 81.3 Å². The highest BCUT2D eigenvalue weighted by Crippen LogP contribution is 2.49. The maximum Gasteiger partial charge on any atom is 0.434 e. The van der Waals surface area contributed by atoms with E-state index >= 15 is 0 Å². The van der Waals surface area contributed by atoms with Crippen LogP contribution < -0.4 is 5.32 Å². The molecule has 3 fully saturated rings. The zero-order valence-corrected chi connectivity index (χ0v) is 19.2. The van der Waals surface area contributed by atoms with Gasteiger partial charge in [0.25, 0.3) is 5.91 Å². The Bertz CT molecular complexity index is 961. The summed E-state index contributed by atoms with van der Waals surface area (Å²) in [5.41, 5.74) is -1.69. The maximum atomic E-state index is 13.4. The van der Waals surface area contributed by atoms with Crippen LogP contribution in [-0.2, 0) is 16.0 Å². The fraction of sp³-hybridized carbons (Fsp3) is 0.739. The van der Waals surface area contributed by atoms with E-state index in [9.17, 15) is 26.4 Å². The van der Waals surface area contributed by atoms with Gasteiger partial charge in [0.15, 0.2) is 15.5 Å². The van der Waals surface area contributed by atoms with E-state index in [1.807, 2.05) is 0 Å². The lowest BCUT2D eigenvalue weighted by atomic mass is 9.70. The number of nitrogens with one attached hydrogen (secondary N) is 1. The molecule has 0 atom stereocenters. The van der Waals surface area contributed by atoms with Gasteiger partial charge in [0.1, 0.15) is 0 Å². The van der Waals surface area contributed by atoms with Gasteiger partial charge in [0.05, 0.1) is 16.6 Å². The molecule has 178 valence electrons. The summed E-state index contributed by atoms with van der Waals surface area (Å²) in [7, 11) is -3.10. The molecule has 0 spiro atoms. The highest BCUT2D eigenvalue weighted by Gasteiger charge is 2.44. The topological polar surface area (TPSA) is 76.1 Å². The van der Waals surface area contributed by atoms with Crippen LogP contribution in [0.25, 0.3) is 0 Å². The molecule has 0 saturated heterocycles. The molecule has 3 aliphatic carbocycles. The molecule has 4 rings (SSSR count). The van der Waals surface area contributed by atoms with Gasteiger partial charge in [-0.15, -0.1) is 0 Å². The first-order valence-electron chi connectivity index (χ1n) is 11.5. The molecule has 1 aromatic rings. The van der Waals surface area contributed by atoms with Crippen molar-refractivity contribution in [2.75, 3.05) is 12.3 Å². The summed E-state index contributed by atoms with van der Waals surface area (Å²) in [5.74, 6) is 0.398. The number of alkyl halides is 3. The van der Waals surface area contributed by atoms with Crippen molar-refractivity contribution in [1.82, 2.24) is 10.3 Å². The van der Waals surface area contributed by atoms with Crippen LogP contribution in [0.2, 0.25) is 0 Å². The lowest BCUT2D eigenvalue weighted by molar-refractivity contribution is -0.141. The highest BCUT2D eigenvalue weighted by atomic mass is 32.2. The number of hydrogen-bond acceptors (Lipinski definition) is 4. The van der Waals surface area contributed by atoms with Gasteiger partial charge in [-0.25, -0.2) is 13.4 Å². The standard InChI is InChI=1S/C23H31F3N2O3S/c1-15-2-7-19(20(28-15)23(24,25)26)21(29)27-14-22(12-16-3-4-16)10-8-18(9-11-22)32(30,31)13-17-5-6-17/h2,7,16-18H,3-6,8-14H2,1H3,(H,27,29). The Kier molecular flexibility index (Phi) is 6.33. The van der Waals surface area contributed by atoms with Crippen LogP contribution in [0.5, 0.6) is 0 Å². The Labute approximate surface area is 187 Å². The van der Waals surface area contributed by atoms with Crippen molar-refractivity contribution in [3.05, 3.63) is 29.1 Å². The van der Waals surface area contributed by atoms with Crippen LogP contribution in [0.4, 0.5) is 13.2 Å². The van der Waals surface area contributed by atoms with Crippen LogP contribution in [0.3, 0.4) is 0 Å². The molecule has 5 nitrogen and oxygen atoms in total. The number of rotatable bonds is 8. The third-order valence-corrected chi connectivity index (χ3v) is 9.68. The van der Waals surface area contributed by atoms with E-state index in [0.717, 1.165) is 32.1 Å². The van der Waals surface area contributed by atoms with Gasteiger partial charge in [-0.1, -0.05) is 12.8 Å². The van der Waals surface area contributed by atoms with E-state index in [2.05, 4.69) is 10.3 Å². The zero-order valence-electron chi connectivity index (χ0n) is 18.4. The summed E-state index contributed by atoms with van der Waals surface area (Å²) in [5, 5.41) is 2.41. The molecular weight excluding hydrogens is 441 g/mol. The number of aromatic nitrogens is 1. The quantitative estimate of drug-likeness (QED) is 0.595. The summed E-state index contributed by atoms with van der Waals surface area (Å²) in [6.45, 7) is 1.72. The van der Waals surface area contributed by atoms with Crippen LogP contribution >= 0.6 is 0 Å². The summed E-state index contributed by atoms with van der Waals surface area (Å²) >= 11 is 0. The van der Waals surface area contributed by atoms with Gasteiger partial charge < -0.3 is 5.32 Å². The van der Waals surface area contributed by atoms with Gasteiger partial charge in [-0.2, -0.15) is 13.2 Å². The number of amides is 1. The largest absolute Gasteiger partial charge is 0.434 e. The average Bonchev–Trinajstić information content (AvgIpc) is 3.64. The fourth-order valence-corrected chi connectivity index (χ4v) is 7.23. The molecule has 0 bridgehead atoms. The SMILES string of the molecule is Cc1ccc(C(=O)NCC2(CC3CC3)CCC(S(=O)(=O)CC3CC3)CC2)c(C(F)(F)F)n1. The normalized spacial score (nSPS) is 26.7. The molecule has 3 aliphatic rings. The number of halogens is 3. The third kappa shape index (κ3) is 5.64. The van der Waals surface area contributed by atoms with E-state index in [-0.39, 0.29) is 28.7 Å². The zero-order chi connectivity index (χ0) is 23.1. The van der Waals surface area contributed by atoms with Crippen molar-refractivity contribution in [3.63, 3.8) is 0 Å². The van der Waals surface area contributed by atoms with E-state index in [4.69, 9.17) is 0 Å². The molecule has 32 heavy (non-hydrogen) atoms. The molecule has 0 radical (unpaired) electrons. The second kappa shape index (κ2) is 8.61. The van der Waals surface area contributed by atoms with E-state index in [0.29, 0.717) is 37.5 Å². The lowest BCUT2D eigenvalue weighted by Crippen LogP contribution is -2.43. The van der Waals surface area contributed by atoms with Crippen molar-refractivity contribution in [2.24, 2.45) is 17.3 Å². The second-order valence-corrected chi connectivity index (χ2v) is 12.5. The smallest absolute Gasteiger partial charge is 0.351 e. The van der Waals surface area contributed by atoms with E-state index < -0.39 is 33.2 Å². The van der Waals surface area contributed by atoms with Crippen LogP contribution in [-0.4, -0.2) is 36.9 Å². The molecule has 1 aromatic heterocycles. The maximum absolute atomic E-state index is 13.4. The molecule has 0 unspecified atom stereocenters. The number of aryl methyl sites for hydroxylation is 1. The number of nitrogens with zero attached hydrogens (tertiary/aromatic N) is 1. The Morgan fingerprint density at radius 1 is 1.09 bits per heavy atom. The molecule has 1 amide bonds. The summed E-state index contributed by atoms with van der Waals surface area (Å²) in [6.07, 6.45) is 2.91. The molecule has 9 heteroatoms. The van der Waals surface area contributed by atoms with Gasteiger partial charge in [-0.3, -0.25) is 4.79 Å². The number of sulfone groups is 1. The first-order valence-corrected chi connectivity index (χ1v) is 13.2. The molecule has 0 aromatic carbocycles. The number of carbonyl (C=O) groups is 1. The monoisotopic (exact) mass is 472 g/mol. The van der Waals surface area contributed by atoms with Gasteiger partial charge in [0.2, 0.25) is 0 Å². The number of hydrogen-bond donors (Lipinski definition) is 1. The van der Waals surface area contributed by atoms with Crippen molar-refractivity contribution >= 4 is 15.7 Å². The third-order valence-electron chi connectivity index (χ3n) is 7.26. The number of carbonyl (C=O) groups excluding carboxylic acids is 1. The molecule has 1 heterocycles. The Morgan fingerprint density at radius 3 is 2.28 bits per heavy atom. The molecule has 1 N–H and O–H groups in total. The van der Waals surface area contributed by atoms with Crippen LogP contribution in [0.15, 0.2) is 12.1 Å². The summed E-state index contributed by atoms with van der Waals surface area (Å²) in [6, 6.07) is 2.58. The Hall–Kier alpha value is -1.64. The van der Waals surface area contributed by atoms with Crippen molar-refractivity contribution < 1.29 is 26.4 Å². The second-order valence-electron chi connectivity index (χ2n) is 10.1. The first-order chi connectivity index (χ1) is 15.0. The molecule has 0 aliphatic heterocycles. The van der Waals surface area contributed by atoms with Crippen molar-refractivity contribution in [1.29, 1.82) is 0 Å². The molecular formula is C23H31F3N2O3S. The Balaban J connectivity index is 1.43. The van der Waals surface area contributed by atoms with Gasteiger partial charge in [0, 0.05) is 12.2 Å². The number of pyridine rings is 1. The summed E-state index contributed by atoms with van der Waals surface area (Å²) < 4.78 is 65.6. The highest BCUT2D eigenvalue weighted by molar-refractivity contribution is 7.92. The average molecular weight is 473 g/mol. The minimum atomic E-state index is -4.71. The molecule has 3 saturated carbocycles. The first kappa shape index (κ1) is 23.5. The summed E-state index contributed by atoms with van der Waals surface area (Å²) in [4.78, 5) is 16.3. The lowest BCUT2D eigenvalue weighted by Gasteiger charge is -2.40. The predicted molar refractivity (Wildman–Crippen MR) is 115 cm³/mol. The van der Waals surface area contributed by atoms with Crippen molar-refractivity contribution in [3.8, 4) is 0 Å². The van der Waals surface area contributed by atoms with Crippen LogP contribution in [0, 0.1) is 24.2 Å². The predicted octanol–water partition coefficient (Wildman–Crippen LogP) is 4.69. The Morgan fingerprint density at radius 2 is 1.72 bits per heavy atom. The van der Waals surface area contributed by atoms with E-state index in [1.165, 1.54) is 19.1 Å². The fourth-order valence-electron chi connectivity index (χ4n) is 5.02. The minimum absolute atomic E-state index is 0.199. The minimum Gasteiger partial charge on any atom is -0.351 e. The van der Waals surface area contributed by atoms with Crippen molar-refractivity contribution in [2.45, 2.75) is 76.1 Å².